The van der Waals surface area contributed by atoms with Crippen molar-refractivity contribution < 1.29 is 5.11 Å². The summed E-state index contributed by atoms with van der Waals surface area (Å²) in [6.45, 7) is 8.54. The number of rotatable bonds is 4. The number of hydrogen-bond donors (Lipinski definition) is 1. The summed E-state index contributed by atoms with van der Waals surface area (Å²) >= 11 is 0. The maximum absolute atomic E-state index is 9.51. The topological polar surface area (TPSA) is 23.2 Å². The largest absolute Gasteiger partial charge is 0.392 e. The summed E-state index contributed by atoms with van der Waals surface area (Å²) in [6, 6.07) is 0.719. The van der Waals surface area contributed by atoms with Crippen molar-refractivity contribution in [1.82, 2.24) is 4.90 Å². The SMILES string of the molecule is CC(C)CC(O)CN1CC1C. The van der Waals surface area contributed by atoms with Crippen molar-refractivity contribution in [3.8, 4) is 0 Å². The van der Waals surface area contributed by atoms with E-state index in [9.17, 15) is 5.11 Å². The molecule has 0 aromatic heterocycles. The van der Waals surface area contributed by atoms with E-state index in [0.29, 0.717) is 5.92 Å². The minimum atomic E-state index is -0.111. The molecular weight excluding hydrogens is 138 g/mol. The second-order valence-electron chi connectivity index (χ2n) is 4.09. The fourth-order valence-electron chi connectivity index (χ4n) is 1.44. The monoisotopic (exact) mass is 157 g/mol. The van der Waals surface area contributed by atoms with Crippen LogP contribution in [0.25, 0.3) is 0 Å². The zero-order valence-corrected chi connectivity index (χ0v) is 7.75. The van der Waals surface area contributed by atoms with E-state index in [2.05, 4.69) is 25.7 Å². The van der Waals surface area contributed by atoms with Gasteiger partial charge in [-0.1, -0.05) is 13.8 Å². The predicted octanol–water partition coefficient (Wildman–Crippen LogP) is 1.10. The van der Waals surface area contributed by atoms with Crippen molar-refractivity contribution in [3.63, 3.8) is 0 Å². The third-order valence-electron chi connectivity index (χ3n) is 2.18. The molecule has 1 fully saturated rings. The fourth-order valence-corrected chi connectivity index (χ4v) is 1.44. The Hall–Kier alpha value is -0.0800. The van der Waals surface area contributed by atoms with Gasteiger partial charge in [-0.05, 0) is 19.3 Å². The Labute approximate surface area is 69.2 Å². The van der Waals surface area contributed by atoms with Gasteiger partial charge in [0.15, 0.2) is 0 Å². The summed E-state index contributed by atoms with van der Waals surface area (Å²) in [7, 11) is 0. The van der Waals surface area contributed by atoms with Gasteiger partial charge in [0, 0.05) is 19.1 Å². The molecule has 1 heterocycles. The van der Waals surface area contributed by atoms with E-state index in [1.54, 1.807) is 0 Å². The average Bonchev–Trinajstić information content (AvgIpc) is 2.43. The number of aliphatic hydroxyl groups excluding tert-OH is 1. The zero-order valence-electron chi connectivity index (χ0n) is 7.75. The van der Waals surface area contributed by atoms with Crippen molar-refractivity contribution in [3.05, 3.63) is 0 Å². The zero-order chi connectivity index (χ0) is 8.43. The van der Waals surface area contributed by atoms with E-state index < -0.39 is 0 Å². The van der Waals surface area contributed by atoms with Crippen LogP contribution in [0.15, 0.2) is 0 Å². The molecule has 66 valence electrons. The van der Waals surface area contributed by atoms with Crippen molar-refractivity contribution in [2.75, 3.05) is 13.1 Å². The van der Waals surface area contributed by atoms with Gasteiger partial charge in [0.25, 0.3) is 0 Å². The molecule has 1 saturated heterocycles. The molecule has 1 aliphatic heterocycles. The van der Waals surface area contributed by atoms with E-state index in [4.69, 9.17) is 0 Å². The van der Waals surface area contributed by atoms with Gasteiger partial charge in [0.1, 0.15) is 0 Å². The Morgan fingerprint density at radius 3 is 2.45 bits per heavy atom. The Balaban J connectivity index is 2.06. The Morgan fingerprint density at radius 1 is 1.55 bits per heavy atom. The van der Waals surface area contributed by atoms with Crippen molar-refractivity contribution in [2.45, 2.75) is 39.3 Å². The van der Waals surface area contributed by atoms with Crippen LogP contribution in [0.2, 0.25) is 0 Å². The lowest BCUT2D eigenvalue weighted by atomic mass is 10.1. The second kappa shape index (κ2) is 3.55. The van der Waals surface area contributed by atoms with Crippen molar-refractivity contribution in [1.29, 1.82) is 0 Å². The predicted molar refractivity (Wildman–Crippen MR) is 46.5 cm³/mol. The first-order chi connectivity index (χ1) is 5.09. The molecule has 0 amide bonds. The minimum absolute atomic E-state index is 0.111. The summed E-state index contributed by atoms with van der Waals surface area (Å²) in [6.07, 6.45) is 0.823. The number of β-amino-alcohol motifs (C(OH)–C–C–N with tert-alkyl or cyclic N) is 1. The molecule has 2 nitrogen and oxygen atoms in total. The summed E-state index contributed by atoms with van der Waals surface area (Å²) in [4.78, 5) is 2.30. The lowest BCUT2D eigenvalue weighted by Crippen LogP contribution is -2.21. The molecule has 1 N–H and O–H groups in total. The molecule has 0 bridgehead atoms. The molecule has 0 aromatic carbocycles. The number of aliphatic hydroxyl groups is 1. The lowest BCUT2D eigenvalue weighted by molar-refractivity contribution is 0.128. The van der Waals surface area contributed by atoms with Gasteiger partial charge in [0.05, 0.1) is 6.10 Å². The molecule has 2 heteroatoms. The molecule has 3 atom stereocenters. The van der Waals surface area contributed by atoms with E-state index >= 15 is 0 Å². The van der Waals surface area contributed by atoms with E-state index in [0.717, 1.165) is 19.0 Å². The highest BCUT2D eigenvalue weighted by molar-refractivity contribution is 4.86. The Kier molecular flexibility index (Phi) is 2.90. The van der Waals surface area contributed by atoms with Gasteiger partial charge in [-0.25, -0.2) is 0 Å². The van der Waals surface area contributed by atoms with Crippen LogP contribution in [0, 0.1) is 5.92 Å². The number of nitrogens with zero attached hydrogens (tertiary/aromatic N) is 1. The molecule has 0 spiro atoms. The molecule has 11 heavy (non-hydrogen) atoms. The second-order valence-corrected chi connectivity index (χ2v) is 4.09. The van der Waals surface area contributed by atoms with E-state index in [1.807, 2.05) is 0 Å². The first-order valence-corrected chi connectivity index (χ1v) is 4.51. The van der Waals surface area contributed by atoms with E-state index in [1.165, 1.54) is 6.54 Å². The van der Waals surface area contributed by atoms with Crippen molar-refractivity contribution in [2.24, 2.45) is 5.92 Å². The van der Waals surface area contributed by atoms with Crippen LogP contribution < -0.4 is 0 Å². The van der Waals surface area contributed by atoms with Gasteiger partial charge in [-0.2, -0.15) is 0 Å². The van der Waals surface area contributed by atoms with Gasteiger partial charge in [-0.15, -0.1) is 0 Å². The quantitative estimate of drug-likeness (QED) is 0.618. The molecule has 0 saturated carbocycles. The molecule has 1 aliphatic rings. The molecular formula is C9H19NO. The molecule has 1 rings (SSSR count). The van der Waals surface area contributed by atoms with E-state index in [-0.39, 0.29) is 6.10 Å². The highest BCUT2D eigenvalue weighted by Gasteiger charge is 2.30. The highest BCUT2D eigenvalue weighted by Crippen LogP contribution is 2.17. The van der Waals surface area contributed by atoms with Crippen LogP contribution in [0.3, 0.4) is 0 Å². The normalized spacial score (nSPS) is 32.5. The third-order valence-corrected chi connectivity index (χ3v) is 2.18. The van der Waals surface area contributed by atoms with Crippen LogP contribution in [0.5, 0.6) is 0 Å². The molecule has 0 radical (unpaired) electrons. The summed E-state index contributed by atoms with van der Waals surface area (Å²) in [5, 5.41) is 9.51. The lowest BCUT2D eigenvalue weighted by Gasteiger charge is -2.13. The highest BCUT2D eigenvalue weighted by atomic mass is 16.3. The van der Waals surface area contributed by atoms with Crippen LogP contribution in [0.1, 0.15) is 27.2 Å². The third kappa shape index (κ3) is 3.21. The first kappa shape index (κ1) is 9.01. The molecule has 3 unspecified atom stereocenters. The maximum atomic E-state index is 9.51. The smallest absolute Gasteiger partial charge is 0.0669 e. The first-order valence-electron chi connectivity index (χ1n) is 4.51. The van der Waals surface area contributed by atoms with Gasteiger partial charge in [-0.3, -0.25) is 4.90 Å². The summed E-state index contributed by atoms with van der Waals surface area (Å²) in [5.74, 6) is 0.611. The van der Waals surface area contributed by atoms with Gasteiger partial charge >= 0.3 is 0 Å². The molecule has 0 aliphatic carbocycles. The Morgan fingerprint density at radius 2 is 2.09 bits per heavy atom. The van der Waals surface area contributed by atoms with Gasteiger partial charge < -0.3 is 5.11 Å². The Bertz CT molecular complexity index is 125. The van der Waals surface area contributed by atoms with Crippen LogP contribution in [0.4, 0.5) is 0 Å². The van der Waals surface area contributed by atoms with Crippen molar-refractivity contribution >= 4 is 0 Å². The standard InChI is InChI=1S/C9H19NO/c1-7(2)4-9(11)6-10-5-8(10)3/h7-9,11H,4-6H2,1-3H3. The number of hydrogen-bond acceptors (Lipinski definition) is 2. The summed E-state index contributed by atoms with van der Waals surface area (Å²) in [5.41, 5.74) is 0. The van der Waals surface area contributed by atoms with Crippen LogP contribution in [-0.4, -0.2) is 35.2 Å². The van der Waals surface area contributed by atoms with Crippen LogP contribution >= 0.6 is 0 Å². The molecule has 0 aromatic rings. The maximum Gasteiger partial charge on any atom is 0.0669 e. The van der Waals surface area contributed by atoms with Crippen LogP contribution in [-0.2, 0) is 0 Å². The fraction of sp³-hybridized carbons (Fsp3) is 1.00. The summed E-state index contributed by atoms with van der Waals surface area (Å²) < 4.78 is 0. The minimum Gasteiger partial charge on any atom is -0.392 e. The van der Waals surface area contributed by atoms with Gasteiger partial charge in [0.2, 0.25) is 0 Å². The average molecular weight is 157 g/mol.